The molecule has 0 aliphatic rings. The Balaban J connectivity index is 2.78. The highest BCUT2D eigenvalue weighted by Gasteiger charge is 2.16. The van der Waals surface area contributed by atoms with E-state index in [0.29, 0.717) is 0 Å². The lowest BCUT2D eigenvalue weighted by atomic mass is 10.1. The van der Waals surface area contributed by atoms with E-state index in [-0.39, 0.29) is 6.10 Å². The van der Waals surface area contributed by atoms with Gasteiger partial charge in [0.2, 0.25) is 0 Å². The van der Waals surface area contributed by atoms with Crippen molar-refractivity contribution in [1.82, 2.24) is 0 Å². The summed E-state index contributed by atoms with van der Waals surface area (Å²) in [6.45, 7) is 5.34. The molecule has 0 amide bonds. The Hall–Kier alpha value is -0.590. The number of rotatable bonds is 4. The average Bonchev–Trinajstić information content (AvgIpc) is 2.14. The van der Waals surface area contributed by atoms with Crippen LogP contribution in [0, 0.1) is 0 Å². The van der Waals surface area contributed by atoms with Crippen LogP contribution in [-0.2, 0) is 9.09 Å². The molecule has 0 bridgehead atoms. The molecule has 0 radical (unpaired) electrons. The Morgan fingerprint density at radius 1 is 1.29 bits per heavy atom. The molecule has 1 atom stereocenters. The van der Waals surface area contributed by atoms with Crippen LogP contribution in [0.1, 0.15) is 25.0 Å². The van der Waals surface area contributed by atoms with Crippen molar-refractivity contribution in [2.75, 3.05) is 13.3 Å². The van der Waals surface area contributed by atoms with E-state index < -0.39 is 7.37 Å². The van der Waals surface area contributed by atoms with Crippen LogP contribution in [0.25, 0.3) is 0 Å². The summed E-state index contributed by atoms with van der Waals surface area (Å²) in [5.41, 5.74) is 1.10. The predicted octanol–water partition coefficient (Wildman–Crippen LogP) is 3.69. The molecule has 0 spiro atoms. The van der Waals surface area contributed by atoms with E-state index in [2.05, 4.69) is 0 Å². The second-order valence-corrected chi connectivity index (χ2v) is 6.38. The Kier molecular flexibility index (Phi) is 3.91. The van der Waals surface area contributed by atoms with Crippen molar-refractivity contribution in [3.8, 4) is 0 Å². The number of hydrogen-bond acceptors (Lipinski definition) is 2. The van der Waals surface area contributed by atoms with E-state index in [9.17, 15) is 4.57 Å². The van der Waals surface area contributed by atoms with Crippen LogP contribution in [0.3, 0.4) is 0 Å². The Morgan fingerprint density at radius 2 is 1.86 bits per heavy atom. The normalized spacial score (nSPS) is 13.9. The van der Waals surface area contributed by atoms with Gasteiger partial charge in [0.1, 0.15) is 0 Å². The minimum absolute atomic E-state index is 0.0444. The molecule has 0 N–H and O–H groups in total. The van der Waals surface area contributed by atoms with Crippen molar-refractivity contribution < 1.29 is 9.09 Å². The summed E-state index contributed by atoms with van der Waals surface area (Å²) >= 11 is 0. The molecule has 3 heteroatoms. The highest BCUT2D eigenvalue weighted by molar-refractivity contribution is 7.57. The Labute approximate surface area is 85.7 Å². The zero-order valence-electron chi connectivity index (χ0n) is 8.93. The summed E-state index contributed by atoms with van der Waals surface area (Å²) in [4.78, 5) is 0. The molecule has 1 aromatic rings. The quantitative estimate of drug-likeness (QED) is 0.711. The summed E-state index contributed by atoms with van der Waals surface area (Å²) in [6, 6.07) is 9.91. The molecular formula is C11H17O2P. The van der Waals surface area contributed by atoms with Crippen molar-refractivity contribution in [3.05, 3.63) is 35.9 Å². The second-order valence-electron chi connectivity index (χ2n) is 3.67. The van der Waals surface area contributed by atoms with Crippen LogP contribution in [0.15, 0.2) is 30.3 Å². The maximum atomic E-state index is 11.5. The molecule has 0 aliphatic carbocycles. The van der Waals surface area contributed by atoms with Gasteiger partial charge in [-0.2, -0.15) is 0 Å². The van der Waals surface area contributed by atoms with E-state index in [1.807, 2.05) is 37.3 Å². The topological polar surface area (TPSA) is 26.3 Å². The van der Waals surface area contributed by atoms with Gasteiger partial charge in [0.05, 0.1) is 6.10 Å². The molecule has 0 aliphatic heterocycles. The van der Waals surface area contributed by atoms with Crippen molar-refractivity contribution >= 4 is 7.37 Å². The van der Waals surface area contributed by atoms with E-state index in [4.69, 9.17) is 4.52 Å². The van der Waals surface area contributed by atoms with Gasteiger partial charge in [0.15, 0.2) is 7.37 Å². The summed E-state index contributed by atoms with van der Waals surface area (Å²) in [5, 5.41) is 0. The van der Waals surface area contributed by atoms with Gasteiger partial charge in [-0.3, -0.25) is 4.57 Å². The molecule has 14 heavy (non-hydrogen) atoms. The fourth-order valence-corrected chi connectivity index (χ4v) is 2.23. The third-order valence-corrected chi connectivity index (χ3v) is 2.69. The fourth-order valence-electron chi connectivity index (χ4n) is 1.35. The molecule has 0 saturated carbocycles. The van der Waals surface area contributed by atoms with Crippen LogP contribution in [0.2, 0.25) is 0 Å². The number of hydrogen-bond donors (Lipinski definition) is 0. The maximum absolute atomic E-state index is 11.5. The molecule has 1 unspecified atom stereocenters. The first-order chi connectivity index (χ1) is 6.53. The lowest BCUT2D eigenvalue weighted by Crippen LogP contribution is -2.00. The molecule has 0 aromatic heterocycles. The van der Waals surface area contributed by atoms with Gasteiger partial charge in [-0.15, -0.1) is 0 Å². The SMILES string of the molecule is CCC(OP(C)(C)=O)c1ccccc1. The van der Waals surface area contributed by atoms with Gasteiger partial charge in [-0.25, -0.2) is 0 Å². The molecule has 0 saturated heterocycles. The van der Waals surface area contributed by atoms with Crippen molar-refractivity contribution in [2.24, 2.45) is 0 Å². The first-order valence-electron chi connectivity index (χ1n) is 4.81. The lowest BCUT2D eigenvalue weighted by Gasteiger charge is -2.19. The van der Waals surface area contributed by atoms with Crippen LogP contribution in [0.5, 0.6) is 0 Å². The lowest BCUT2D eigenvalue weighted by molar-refractivity contribution is 0.208. The summed E-state index contributed by atoms with van der Waals surface area (Å²) in [6.07, 6.45) is 0.799. The van der Waals surface area contributed by atoms with Crippen LogP contribution in [-0.4, -0.2) is 13.3 Å². The van der Waals surface area contributed by atoms with Crippen molar-refractivity contribution in [1.29, 1.82) is 0 Å². The van der Waals surface area contributed by atoms with Gasteiger partial charge in [-0.05, 0) is 12.0 Å². The Bertz CT molecular complexity index is 315. The van der Waals surface area contributed by atoms with Crippen LogP contribution < -0.4 is 0 Å². The smallest absolute Gasteiger partial charge is 0.197 e. The van der Waals surface area contributed by atoms with Gasteiger partial charge >= 0.3 is 0 Å². The number of benzene rings is 1. The summed E-state index contributed by atoms with van der Waals surface area (Å²) in [5.74, 6) is 0. The third kappa shape index (κ3) is 3.65. The highest BCUT2D eigenvalue weighted by atomic mass is 31.2. The van der Waals surface area contributed by atoms with Gasteiger partial charge in [0.25, 0.3) is 0 Å². The molecule has 0 heterocycles. The highest BCUT2D eigenvalue weighted by Crippen LogP contribution is 2.44. The predicted molar refractivity (Wildman–Crippen MR) is 60.0 cm³/mol. The van der Waals surface area contributed by atoms with Gasteiger partial charge in [-0.1, -0.05) is 37.3 Å². The Morgan fingerprint density at radius 3 is 2.29 bits per heavy atom. The zero-order valence-corrected chi connectivity index (χ0v) is 9.83. The van der Waals surface area contributed by atoms with E-state index >= 15 is 0 Å². The van der Waals surface area contributed by atoms with Crippen molar-refractivity contribution in [2.45, 2.75) is 19.4 Å². The minimum atomic E-state index is -2.40. The first-order valence-corrected chi connectivity index (χ1v) is 7.33. The first kappa shape index (κ1) is 11.5. The molecule has 2 nitrogen and oxygen atoms in total. The zero-order chi connectivity index (χ0) is 10.6. The van der Waals surface area contributed by atoms with Gasteiger partial charge < -0.3 is 4.52 Å². The molecule has 1 aromatic carbocycles. The largest absolute Gasteiger partial charge is 0.321 e. The molecule has 1 rings (SSSR count). The summed E-state index contributed by atoms with van der Waals surface area (Å²) in [7, 11) is -2.40. The minimum Gasteiger partial charge on any atom is -0.321 e. The monoisotopic (exact) mass is 212 g/mol. The third-order valence-electron chi connectivity index (χ3n) is 1.92. The maximum Gasteiger partial charge on any atom is 0.197 e. The van der Waals surface area contributed by atoms with Crippen LogP contribution >= 0.6 is 7.37 Å². The van der Waals surface area contributed by atoms with E-state index in [1.54, 1.807) is 13.3 Å². The molecular weight excluding hydrogens is 195 g/mol. The van der Waals surface area contributed by atoms with Crippen molar-refractivity contribution in [3.63, 3.8) is 0 Å². The van der Waals surface area contributed by atoms with E-state index in [1.165, 1.54) is 0 Å². The molecule has 78 valence electrons. The average molecular weight is 212 g/mol. The molecule has 0 fully saturated rings. The fraction of sp³-hybridized carbons (Fsp3) is 0.455. The standard InChI is InChI=1S/C11H17O2P/c1-4-11(13-14(2,3)12)10-8-6-5-7-9-10/h5-9,11H,4H2,1-3H3. The second kappa shape index (κ2) is 4.77. The summed E-state index contributed by atoms with van der Waals surface area (Å²) < 4.78 is 17.1. The van der Waals surface area contributed by atoms with Gasteiger partial charge in [0, 0.05) is 13.3 Å². The van der Waals surface area contributed by atoms with E-state index in [0.717, 1.165) is 12.0 Å². The van der Waals surface area contributed by atoms with Crippen LogP contribution in [0.4, 0.5) is 0 Å².